The summed E-state index contributed by atoms with van der Waals surface area (Å²) in [5, 5.41) is 4.20. The van der Waals surface area contributed by atoms with Crippen LogP contribution < -0.4 is 10.1 Å². The highest BCUT2D eigenvalue weighted by Crippen LogP contribution is 2.45. The van der Waals surface area contributed by atoms with Crippen LogP contribution in [0.5, 0.6) is 5.75 Å². The number of amides is 1. The second-order valence-electron chi connectivity index (χ2n) is 7.23. The summed E-state index contributed by atoms with van der Waals surface area (Å²) in [6.07, 6.45) is 4.70. The Morgan fingerprint density at radius 2 is 1.81 bits per heavy atom. The van der Waals surface area contributed by atoms with Crippen LogP contribution in [0.25, 0.3) is 0 Å². The fourth-order valence-electron chi connectivity index (χ4n) is 3.66. The fraction of sp³-hybridized carbons (Fsp3) is 0.409. The van der Waals surface area contributed by atoms with Gasteiger partial charge in [-0.3, -0.25) is 4.79 Å². The highest BCUT2D eigenvalue weighted by atomic mass is 35.5. The van der Waals surface area contributed by atoms with E-state index in [9.17, 15) is 4.79 Å². The number of benzene rings is 2. The Morgan fingerprint density at radius 3 is 2.41 bits per heavy atom. The maximum atomic E-state index is 13.2. The standard InChI is InChI=1S/C22H25Cl2NO2/c1-3-15(2)27-18-9-7-17(8-10-18)25-21(26)22(12-4-5-13-22)19-11-6-16(23)14-20(19)24/h6-11,14-15H,3-5,12-13H2,1-2H3,(H,25,26). The maximum Gasteiger partial charge on any atom is 0.235 e. The number of carbonyl (C=O) groups is 1. The van der Waals surface area contributed by atoms with E-state index in [4.69, 9.17) is 27.9 Å². The molecule has 2 aromatic carbocycles. The van der Waals surface area contributed by atoms with E-state index in [2.05, 4.69) is 12.2 Å². The molecule has 1 amide bonds. The minimum absolute atomic E-state index is 0.0141. The van der Waals surface area contributed by atoms with Gasteiger partial charge in [-0.05, 0) is 68.1 Å². The van der Waals surface area contributed by atoms with Crippen molar-refractivity contribution < 1.29 is 9.53 Å². The minimum atomic E-state index is -0.604. The number of halogens is 2. The minimum Gasteiger partial charge on any atom is -0.491 e. The van der Waals surface area contributed by atoms with Gasteiger partial charge >= 0.3 is 0 Å². The van der Waals surface area contributed by atoms with E-state index < -0.39 is 5.41 Å². The Morgan fingerprint density at radius 1 is 1.15 bits per heavy atom. The van der Waals surface area contributed by atoms with Gasteiger partial charge in [0.2, 0.25) is 5.91 Å². The van der Waals surface area contributed by atoms with Gasteiger partial charge in [-0.1, -0.05) is 49.0 Å². The Labute approximate surface area is 171 Å². The molecular weight excluding hydrogens is 381 g/mol. The largest absolute Gasteiger partial charge is 0.491 e. The molecule has 3 nitrogen and oxygen atoms in total. The zero-order chi connectivity index (χ0) is 19.4. The van der Waals surface area contributed by atoms with E-state index in [0.29, 0.717) is 10.0 Å². The van der Waals surface area contributed by atoms with E-state index in [0.717, 1.165) is 49.1 Å². The molecule has 1 atom stereocenters. The zero-order valence-corrected chi connectivity index (χ0v) is 17.2. The van der Waals surface area contributed by atoms with Gasteiger partial charge in [-0.25, -0.2) is 0 Å². The second-order valence-corrected chi connectivity index (χ2v) is 8.07. The van der Waals surface area contributed by atoms with Gasteiger partial charge in [0.25, 0.3) is 0 Å². The van der Waals surface area contributed by atoms with Crippen molar-refractivity contribution >= 4 is 34.8 Å². The Bertz CT molecular complexity index is 798. The Kier molecular flexibility index (Phi) is 6.33. The third-order valence-corrected chi connectivity index (χ3v) is 5.91. The molecule has 2 aromatic rings. The van der Waals surface area contributed by atoms with Gasteiger partial charge in [-0.15, -0.1) is 0 Å². The van der Waals surface area contributed by atoms with Crippen LogP contribution in [0, 0.1) is 0 Å². The molecule has 0 heterocycles. The molecular formula is C22H25Cl2NO2. The number of nitrogens with one attached hydrogen (secondary N) is 1. The normalized spacial score (nSPS) is 16.7. The molecule has 0 aliphatic heterocycles. The lowest BCUT2D eigenvalue weighted by Crippen LogP contribution is -2.38. The summed E-state index contributed by atoms with van der Waals surface area (Å²) in [5.74, 6) is 0.790. The SMILES string of the molecule is CCC(C)Oc1ccc(NC(=O)C2(c3ccc(Cl)cc3Cl)CCCC2)cc1. The van der Waals surface area contributed by atoms with Crippen LogP contribution in [0.4, 0.5) is 5.69 Å². The third kappa shape index (κ3) is 4.41. The van der Waals surface area contributed by atoms with Crippen molar-refractivity contribution in [2.45, 2.75) is 57.5 Å². The number of carbonyl (C=O) groups excluding carboxylic acids is 1. The van der Waals surface area contributed by atoms with Crippen LogP contribution in [-0.4, -0.2) is 12.0 Å². The first-order chi connectivity index (χ1) is 12.9. The fourth-order valence-corrected chi connectivity index (χ4v) is 4.25. The molecule has 0 bridgehead atoms. The number of rotatable bonds is 6. The second kappa shape index (κ2) is 8.53. The van der Waals surface area contributed by atoms with Gasteiger partial charge in [0.05, 0.1) is 11.5 Å². The van der Waals surface area contributed by atoms with Crippen LogP contribution in [0.1, 0.15) is 51.5 Å². The lowest BCUT2D eigenvalue weighted by molar-refractivity contribution is -0.121. The van der Waals surface area contributed by atoms with Gasteiger partial charge in [0.1, 0.15) is 5.75 Å². The summed E-state index contributed by atoms with van der Waals surface area (Å²) in [6, 6.07) is 12.9. The van der Waals surface area contributed by atoms with Crippen LogP contribution >= 0.6 is 23.2 Å². The first kappa shape index (κ1) is 20.0. The molecule has 5 heteroatoms. The summed E-state index contributed by atoms with van der Waals surface area (Å²) in [4.78, 5) is 13.2. The van der Waals surface area contributed by atoms with Gasteiger partial charge in [0.15, 0.2) is 0 Å². The summed E-state index contributed by atoms with van der Waals surface area (Å²) >= 11 is 12.5. The van der Waals surface area contributed by atoms with Crippen molar-refractivity contribution in [3.8, 4) is 5.75 Å². The number of ether oxygens (including phenoxy) is 1. The molecule has 144 valence electrons. The summed E-state index contributed by atoms with van der Waals surface area (Å²) in [7, 11) is 0. The Hall–Kier alpha value is -1.71. The molecule has 1 aliphatic rings. The van der Waals surface area contributed by atoms with Gasteiger partial charge in [0, 0.05) is 15.7 Å². The quantitative estimate of drug-likeness (QED) is 0.585. The highest BCUT2D eigenvalue weighted by molar-refractivity contribution is 6.35. The topological polar surface area (TPSA) is 38.3 Å². The van der Waals surface area contributed by atoms with E-state index in [1.165, 1.54) is 0 Å². The smallest absolute Gasteiger partial charge is 0.235 e. The van der Waals surface area contributed by atoms with Crippen LogP contribution in [0.3, 0.4) is 0 Å². The van der Waals surface area contributed by atoms with Crippen LogP contribution in [0.2, 0.25) is 10.0 Å². The first-order valence-electron chi connectivity index (χ1n) is 9.48. The zero-order valence-electron chi connectivity index (χ0n) is 15.7. The van der Waals surface area contributed by atoms with Crippen LogP contribution in [0.15, 0.2) is 42.5 Å². The number of anilines is 1. The van der Waals surface area contributed by atoms with Gasteiger partial charge in [-0.2, -0.15) is 0 Å². The Balaban J connectivity index is 1.80. The average Bonchev–Trinajstić information content (AvgIpc) is 3.14. The molecule has 27 heavy (non-hydrogen) atoms. The lowest BCUT2D eigenvalue weighted by atomic mass is 9.78. The van der Waals surface area contributed by atoms with Crippen molar-refractivity contribution in [2.75, 3.05) is 5.32 Å². The summed E-state index contributed by atoms with van der Waals surface area (Å²) < 4.78 is 5.80. The average molecular weight is 406 g/mol. The predicted molar refractivity (Wildman–Crippen MR) is 112 cm³/mol. The molecule has 1 unspecified atom stereocenters. The summed E-state index contributed by atoms with van der Waals surface area (Å²) in [6.45, 7) is 4.12. The first-order valence-corrected chi connectivity index (χ1v) is 10.2. The van der Waals surface area contributed by atoms with Crippen molar-refractivity contribution in [3.63, 3.8) is 0 Å². The molecule has 1 fully saturated rings. The molecule has 0 radical (unpaired) electrons. The monoisotopic (exact) mass is 405 g/mol. The summed E-state index contributed by atoms with van der Waals surface area (Å²) in [5.41, 5.74) is 1.02. The lowest BCUT2D eigenvalue weighted by Gasteiger charge is -2.29. The van der Waals surface area contributed by atoms with Crippen molar-refractivity contribution in [1.82, 2.24) is 0 Å². The van der Waals surface area contributed by atoms with Crippen molar-refractivity contribution in [1.29, 1.82) is 0 Å². The third-order valence-electron chi connectivity index (χ3n) is 5.36. The maximum absolute atomic E-state index is 13.2. The van der Waals surface area contributed by atoms with Crippen molar-refractivity contribution in [3.05, 3.63) is 58.1 Å². The molecule has 1 saturated carbocycles. The molecule has 0 saturated heterocycles. The molecule has 1 aliphatic carbocycles. The van der Waals surface area contributed by atoms with E-state index >= 15 is 0 Å². The number of hydrogen-bond acceptors (Lipinski definition) is 2. The molecule has 0 spiro atoms. The van der Waals surface area contributed by atoms with Crippen LogP contribution in [-0.2, 0) is 10.2 Å². The van der Waals surface area contributed by atoms with E-state index in [1.54, 1.807) is 12.1 Å². The van der Waals surface area contributed by atoms with Gasteiger partial charge < -0.3 is 10.1 Å². The number of hydrogen-bond donors (Lipinski definition) is 1. The van der Waals surface area contributed by atoms with E-state index in [1.807, 2.05) is 37.3 Å². The molecule has 1 N–H and O–H groups in total. The van der Waals surface area contributed by atoms with E-state index in [-0.39, 0.29) is 12.0 Å². The predicted octanol–water partition coefficient (Wildman–Crippen LogP) is 6.62. The highest BCUT2D eigenvalue weighted by Gasteiger charge is 2.44. The van der Waals surface area contributed by atoms with Crippen molar-refractivity contribution in [2.24, 2.45) is 0 Å². The molecule has 0 aromatic heterocycles. The molecule has 3 rings (SSSR count).